The van der Waals surface area contributed by atoms with Gasteiger partial charge in [-0.15, -0.1) is 0 Å². The van der Waals surface area contributed by atoms with Crippen molar-refractivity contribution in [3.63, 3.8) is 0 Å². The average Bonchev–Trinajstić information content (AvgIpc) is 2.39. The van der Waals surface area contributed by atoms with E-state index in [-0.39, 0.29) is 0 Å². The van der Waals surface area contributed by atoms with Gasteiger partial charge in [-0.05, 0) is 12.1 Å². The Morgan fingerprint density at radius 1 is 0.882 bits per heavy atom. The summed E-state index contributed by atoms with van der Waals surface area (Å²) in [5.74, 6) is 0. The molecule has 0 unspecified atom stereocenters. The molecule has 2 nitrogen and oxygen atoms in total. The molecule has 0 amide bonds. The molecule has 1 aromatic heterocycles. The van der Waals surface area contributed by atoms with E-state index in [1.54, 1.807) is 0 Å². The van der Waals surface area contributed by atoms with Crippen LogP contribution in [0.15, 0.2) is 48.5 Å². The second-order valence-corrected chi connectivity index (χ2v) is 4.24. The maximum atomic E-state index is 4.70. The van der Waals surface area contributed by atoms with Crippen molar-refractivity contribution in [1.29, 1.82) is 0 Å². The number of hydrogen-bond donors (Lipinski definition) is 0. The van der Waals surface area contributed by atoms with E-state index in [2.05, 4.69) is 47.9 Å². The van der Waals surface area contributed by atoms with Crippen LogP contribution in [-0.2, 0) is 6.54 Å². The Bertz CT molecular complexity index is 620. The first-order valence-corrected chi connectivity index (χ1v) is 6.07. The summed E-state index contributed by atoms with van der Waals surface area (Å²) in [5.41, 5.74) is 4.57. The lowest BCUT2D eigenvalue weighted by atomic mass is 10.2. The minimum atomic E-state index is 1.03. The molecule has 2 heteroatoms. The van der Waals surface area contributed by atoms with Gasteiger partial charge in [0.2, 0.25) is 11.0 Å². The number of hydrogen-bond acceptors (Lipinski definition) is 1. The SMILES string of the molecule is CCC[n+]1c2ccccc2nc2ccccc21. The van der Waals surface area contributed by atoms with Gasteiger partial charge < -0.3 is 0 Å². The van der Waals surface area contributed by atoms with Gasteiger partial charge in [0, 0.05) is 18.6 Å². The van der Waals surface area contributed by atoms with Gasteiger partial charge in [-0.3, -0.25) is 0 Å². The minimum Gasteiger partial charge on any atom is -0.235 e. The number of benzene rings is 2. The van der Waals surface area contributed by atoms with Crippen molar-refractivity contribution < 1.29 is 4.57 Å². The molecule has 0 saturated heterocycles. The Morgan fingerprint density at radius 2 is 1.41 bits per heavy atom. The van der Waals surface area contributed by atoms with Crippen molar-refractivity contribution in [2.75, 3.05) is 0 Å². The zero-order chi connectivity index (χ0) is 11.7. The molecule has 0 aliphatic heterocycles. The normalized spacial score (nSPS) is 11.1. The lowest BCUT2D eigenvalue weighted by Gasteiger charge is -2.03. The van der Waals surface area contributed by atoms with Crippen LogP contribution in [0.2, 0.25) is 0 Å². The van der Waals surface area contributed by atoms with Crippen LogP contribution >= 0.6 is 0 Å². The monoisotopic (exact) mass is 223 g/mol. The fraction of sp³-hybridized carbons (Fsp3) is 0.200. The molecule has 84 valence electrons. The first-order valence-electron chi connectivity index (χ1n) is 6.07. The lowest BCUT2D eigenvalue weighted by Crippen LogP contribution is -2.35. The third kappa shape index (κ3) is 1.66. The standard InChI is InChI=1S/C15H15N2/c1-2-11-17-14-9-5-3-7-12(14)16-13-8-4-6-10-15(13)17/h3-10H,2,11H2,1H3/q+1. The Morgan fingerprint density at radius 3 is 1.94 bits per heavy atom. The van der Waals surface area contributed by atoms with Crippen LogP contribution in [0.3, 0.4) is 0 Å². The van der Waals surface area contributed by atoms with E-state index in [9.17, 15) is 0 Å². The molecule has 0 N–H and O–H groups in total. The predicted molar refractivity (Wildman–Crippen MR) is 69.7 cm³/mol. The van der Waals surface area contributed by atoms with Gasteiger partial charge in [-0.2, -0.15) is 4.57 Å². The number of fused-ring (bicyclic) bond motifs is 2. The second kappa shape index (κ2) is 4.13. The highest BCUT2D eigenvalue weighted by molar-refractivity contribution is 5.81. The van der Waals surface area contributed by atoms with Crippen LogP contribution in [0, 0.1) is 0 Å². The lowest BCUT2D eigenvalue weighted by molar-refractivity contribution is -0.645. The van der Waals surface area contributed by atoms with Gasteiger partial charge >= 0.3 is 0 Å². The van der Waals surface area contributed by atoms with E-state index >= 15 is 0 Å². The quantitative estimate of drug-likeness (QED) is 0.482. The fourth-order valence-electron chi connectivity index (χ4n) is 2.30. The fourth-order valence-corrected chi connectivity index (χ4v) is 2.30. The molecule has 0 spiro atoms. The molecule has 1 heterocycles. The average molecular weight is 223 g/mol. The van der Waals surface area contributed by atoms with Crippen LogP contribution in [0.1, 0.15) is 13.3 Å². The van der Waals surface area contributed by atoms with Gasteiger partial charge in [-0.1, -0.05) is 31.2 Å². The molecule has 17 heavy (non-hydrogen) atoms. The number of rotatable bonds is 2. The zero-order valence-electron chi connectivity index (χ0n) is 9.93. The Kier molecular flexibility index (Phi) is 2.48. The molecular formula is C15H15N2+. The van der Waals surface area contributed by atoms with E-state index < -0.39 is 0 Å². The Balaban J connectivity index is 2.47. The van der Waals surface area contributed by atoms with Gasteiger partial charge in [0.1, 0.15) is 17.6 Å². The van der Waals surface area contributed by atoms with E-state index in [0.717, 1.165) is 24.0 Å². The summed E-state index contributed by atoms with van der Waals surface area (Å²) < 4.78 is 2.36. The smallest absolute Gasteiger partial charge is 0.231 e. The largest absolute Gasteiger partial charge is 0.235 e. The summed E-state index contributed by atoms with van der Waals surface area (Å²) in [6.07, 6.45) is 1.13. The Labute approximate surface area is 101 Å². The molecule has 0 saturated carbocycles. The maximum absolute atomic E-state index is 4.70. The summed E-state index contributed by atoms with van der Waals surface area (Å²) in [4.78, 5) is 4.70. The van der Waals surface area contributed by atoms with Crippen LogP contribution < -0.4 is 4.57 Å². The predicted octanol–water partition coefficient (Wildman–Crippen LogP) is 3.09. The number of para-hydroxylation sites is 4. The molecule has 0 aliphatic carbocycles. The van der Waals surface area contributed by atoms with Crippen molar-refractivity contribution >= 4 is 22.1 Å². The molecular weight excluding hydrogens is 208 g/mol. The van der Waals surface area contributed by atoms with Crippen molar-refractivity contribution in [3.8, 4) is 0 Å². The molecule has 0 aliphatic rings. The maximum Gasteiger partial charge on any atom is 0.231 e. The van der Waals surface area contributed by atoms with Gasteiger partial charge in [0.25, 0.3) is 0 Å². The topological polar surface area (TPSA) is 16.8 Å². The van der Waals surface area contributed by atoms with Crippen molar-refractivity contribution in [2.24, 2.45) is 0 Å². The summed E-state index contributed by atoms with van der Waals surface area (Å²) >= 11 is 0. The second-order valence-electron chi connectivity index (χ2n) is 4.24. The number of aryl methyl sites for hydroxylation is 1. The van der Waals surface area contributed by atoms with Gasteiger partial charge in [0.05, 0.1) is 0 Å². The van der Waals surface area contributed by atoms with Crippen LogP contribution in [0.4, 0.5) is 0 Å². The van der Waals surface area contributed by atoms with Gasteiger partial charge in [-0.25, -0.2) is 4.98 Å². The molecule has 0 fully saturated rings. The highest BCUT2D eigenvalue weighted by atomic mass is 15.0. The molecule has 3 rings (SSSR count). The summed E-state index contributed by atoms with van der Waals surface area (Å²) in [7, 11) is 0. The summed E-state index contributed by atoms with van der Waals surface area (Å²) in [6.45, 7) is 3.24. The van der Waals surface area contributed by atoms with E-state index in [1.807, 2.05) is 12.1 Å². The minimum absolute atomic E-state index is 1.03. The molecule has 2 aromatic carbocycles. The molecule has 0 atom stereocenters. The first kappa shape index (κ1) is 10.2. The van der Waals surface area contributed by atoms with Crippen molar-refractivity contribution in [2.45, 2.75) is 19.9 Å². The van der Waals surface area contributed by atoms with Crippen LogP contribution in [-0.4, -0.2) is 4.98 Å². The summed E-state index contributed by atoms with van der Waals surface area (Å²) in [5, 5.41) is 0. The molecule has 0 bridgehead atoms. The van der Waals surface area contributed by atoms with Crippen LogP contribution in [0.5, 0.6) is 0 Å². The molecule has 0 radical (unpaired) electrons. The number of nitrogens with zero attached hydrogens (tertiary/aromatic N) is 2. The van der Waals surface area contributed by atoms with E-state index in [0.29, 0.717) is 0 Å². The highest BCUT2D eigenvalue weighted by Gasteiger charge is 2.14. The summed E-state index contributed by atoms with van der Waals surface area (Å²) in [6, 6.07) is 16.7. The van der Waals surface area contributed by atoms with E-state index in [1.165, 1.54) is 11.0 Å². The van der Waals surface area contributed by atoms with Crippen molar-refractivity contribution in [1.82, 2.24) is 4.98 Å². The third-order valence-electron chi connectivity index (χ3n) is 3.03. The van der Waals surface area contributed by atoms with E-state index in [4.69, 9.17) is 4.98 Å². The van der Waals surface area contributed by atoms with Crippen LogP contribution in [0.25, 0.3) is 22.1 Å². The Hall–Kier alpha value is -1.96. The zero-order valence-corrected chi connectivity index (χ0v) is 9.93. The molecule has 3 aromatic rings. The highest BCUT2D eigenvalue weighted by Crippen LogP contribution is 2.14. The first-order chi connectivity index (χ1) is 8.40. The third-order valence-corrected chi connectivity index (χ3v) is 3.03. The van der Waals surface area contributed by atoms with Gasteiger partial charge in [0.15, 0.2) is 0 Å². The number of aromatic nitrogens is 2. The van der Waals surface area contributed by atoms with Crippen molar-refractivity contribution in [3.05, 3.63) is 48.5 Å².